The van der Waals surface area contributed by atoms with Crippen molar-refractivity contribution in [2.24, 2.45) is 0 Å². The molecule has 0 saturated carbocycles. The topological polar surface area (TPSA) is 90.0 Å². The lowest BCUT2D eigenvalue weighted by molar-refractivity contribution is -0.117. The van der Waals surface area contributed by atoms with E-state index in [4.69, 9.17) is 27.6 Å². The average molecular weight is 435 g/mol. The molecule has 0 saturated heterocycles. The van der Waals surface area contributed by atoms with Gasteiger partial charge in [-0.1, -0.05) is 29.3 Å². The van der Waals surface area contributed by atoms with Gasteiger partial charge in [0.2, 0.25) is 5.91 Å². The first-order valence-corrected chi connectivity index (χ1v) is 9.67. The number of thiazole rings is 1. The molecule has 0 aliphatic heterocycles. The number of amides is 1. The Hall–Kier alpha value is -2.68. The zero-order chi connectivity index (χ0) is 19.8. The summed E-state index contributed by atoms with van der Waals surface area (Å²) in [7, 11) is 0. The van der Waals surface area contributed by atoms with Crippen LogP contribution in [-0.4, -0.2) is 20.7 Å². The first kappa shape index (κ1) is 18.7. The van der Waals surface area contributed by atoms with Gasteiger partial charge in [-0.25, -0.2) is 9.67 Å². The highest BCUT2D eigenvalue weighted by Gasteiger charge is 2.19. The third-order valence-electron chi connectivity index (χ3n) is 3.88. The number of benzene rings is 1. The minimum atomic E-state index is -0.499. The summed E-state index contributed by atoms with van der Waals surface area (Å²) in [6.07, 6.45) is 1.51. The Morgan fingerprint density at radius 2 is 2.00 bits per heavy atom. The number of hydrogen-bond donors (Lipinski definition) is 1. The Balaban J connectivity index is 1.74. The summed E-state index contributed by atoms with van der Waals surface area (Å²) in [5.41, 5.74) is 0.511. The van der Waals surface area contributed by atoms with E-state index in [-0.39, 0.29) is 17.7 Å². The average Bonchev–Trinajstić information content (AvgIpc) is 3.30. The fraction of sp³-hybridized carbons (Fsp3) is 0.111. The number of hydrogen-bond acceptors (Lipinski definition) is 6. The molecule has 0 aliphatic carbocycles. The minimum Gasteiger partial charge on any atom is -0.463 e. The zero-order valence-electron chi connectivity index (χ0n) is 14.4. The van der Waals surface area contributed by atoms with Crippen LogP contribution in [0.5, 0.6) is 0 Å². The Labute approximate surface area is 172 Å². The summed E-state index contributed by atoms with van der Waals surface area (Å²) in [5.74, 6) is -0.0155. The fourth-order valence-corrected chi connectivity index (χ4v) is 4.07. The number of furan rings is 1. The van der Waals surface area contributed by atoms with Crippen molar-refractivity contribution in [1.82, 2.24) is 14.8 Å². The lowest BCUT2D eigenvalue weighted by atomic mass is 10.3. The van der Waals surface area contributed by atoms with Crippen LogP contribution in [0.15, 0.2) is 45.8 Å². The second-order valence-corrected chi connectivity index (χ2v) is 7.86. The Morgan fingerprint density at radius 1 is 1.25 bits per heavy atom. The number of carbonyl (C=O) groups excluding carboxylic acids is 1. The molecule has 1 aromatic carbocycles. The predicted octanol–water partition coefficient (Wildman–Crippen LogP) is 4.37. The number of carbonyl (C=O) groups is 1. The highest BCUT2D eigenvalue weighted by molar-refractivity contribution is 7.19. The van der Waals surface area contributed by atoms with Crippen LogP contribution < -0.4 is 10.9 Å². The molecule has 28 heavy (non-hydrogen) atoms. The maximum absolute atomic E-state index is 12.8. The van der Waals surface area contributed by atoms with Gasteiger partial charge >= 0.3 is 0 Å². The Morgan fingerprint density at radius 3 is 2.68 bits per heavy atom. The van der Waals surface area contributed by atoms with E-state index in [1.807, 2.05) is 0 Å². The smallest absolute Gasteiger partial charge is 0.294 e. The molecule has 3 aromatic heterocycles. The molecular formula is C18H12Cl2N4O3S. The van der Waals surface area contributed by atoms with Crippen molar-refractivity contribution in [2.45, 2.75) is 13.5 Å². The van der Waals surface area contributed by atoms with Gasteiger partial charge in [0.05, 0.1) is 31.7 Å². The van der Waals surface area contributed by atoms with E-state index in [9.17, 15) is 9.59 Å². The van der Waals surface area contributed by atoms with Crippen LogP contribution >= 0.6 is 34.5 Å². The molecule has 3 heterocycles. The van der Waals surface area contributed by atoms with E-state index in [0.717, 1.165) is 4.68 Å². The standard InChI is InChI=1S/C18H12Cl2N4O3S/c1-9-21-16-17(28-9)15(12-6-3-7-27-12)23-24(18(16)26)8-13(25)22-14-10(19)4-2-5-11(14)20/h2-7H,8H2,1H3,(H,22,25). The predicted molar refractivity (Wildman–Crippen MR) is 109 cm³/mol. The maximum atomic E-state index is 12.8. The first-order chi connectivity index (χ1) is 13.4. The number of rotatable bonds is 4. The zero-order valence-corrected chi connectivity index (χ0v) is 16.7. The maximum Gasteiger partial charge on any atom is 0.294 e. The summed E-state index contributed by atoms with van der Waals surface area (Å²) in [6, 6.07) is 8.33. The van der Waals surface area contributed by atoms with Crippen molar-refractivity contribution in [1.29, 1.82) is 0 Å². The number of nitrogens with zero attached hydrogens (tertiary/aromatic N) is 3. The van der Waals surface area contributed by atoms with Crippen molar-refractivity contribution in [3.63, 3.8) is 0 Å². The lowest BCUT2D eigenvalue weighted by Gasteiger charge is -2.10. The number of para-hydroxylation sites is 1. The summed E-state index contributed by atoms with van der Waals surface area (Å²) in [5, 5.41) is 8.26. The van der Waals surface area contributed by atoms with E-state index < -0.39 is 11.5 Å². The molecule has 7 nitrogen and oxygen atoms in total. The third-order valence-corrected chi connectivity index (χ3v) is 5.49. The van der Waals surface area contributed by atoms with Gasteiger partial charge in [0.1, 0.15) is 12.2 Å². The largest absolute Gasteiger partial charge is 0.463 e. The molecule has 0 fully saturated rings. The second-order valence-electron chi connectivity index (χ2n) is 5.84. The Bertz CT molecular complexity index is 1230. The molecule has 0 atom stereocenters. The monoisotopic (exact) mass is 434 g/mol. The normalized spacial score (nSPS) is 11.1. The van der Waals surface area contributed by atoms with Crippen LogP contribution in [-0.2, 0) is 11.3 Å². The van der Waals surface area contributed by atoms with Gasteiger partial charge in [-0.2, -0.15) is 5.10 Å². The van der Waals surface area contributed by atoms with Crippen molar-refractivity contribution < 1.29 is 9.21 Å². The lowest BCUT2D eigenvalue weighted by Crippen LogP contribution is -2.30. The van der Waals surface area contributed by atoms with E-state index >= 15 is 0 Å². The molecular weight excluding hydrogens is 423 g/mol. The van der Waals surface area contributed by atoms with E-state index in [0.29, 0.717) is 31.2 Å². The van der Waals surface area contributed by atoms with Gasteiger partial charge in [-0.05, 0) is 31.2 Å². The summed E-state index contributed by atoms with van der Waals surface area (Å²) in [6.45, 7) is 1.47. The number of aromatic nitrogens is 3. The molecule has 142 valence electrons. The summed E-state index contributed by atoms with van der Waals surface area (Å²) in [4.78, 5) is 29.6. The quantitative estimate of drug-likeness (QED) is 0.514. The van der Waals surface area contributed by atoms with Gasteiger partial charge < -0.3 is 9.73 Å². The van der Waals surface area contributed by atoms with Gasteiger partial charge in [0, 0.05) is 0 Å². The van der Waals surface area contributed by atoms with Crippen LogP contribution in [0.1, 0.15) is 5.01 Å². The molecule has 1 amide bonds. The van der Waals surface area contributed by atoms with Crippen LogP contribution in [0.4, 0.5) is 5.69 Å². The van der Waals surface area contributed by atoms with Crippen LogP contribution in [0.2, 0.25) is 10.0 Å². The number of aryl methyl sites for hydroxylation is 1. The third kappa shape index (κ3) is 3.42. The van der Waals surface area contributed by atoms with E-state index in [1.54, 1.807) is 37.3 Å². The molecule has 0 unspecified atom stereocenters. The number of nitrogens with one attached hydrogen (secondary N) is 1. The summed E-state index contributed by atoms with van der Waals surface area (Å²) < 4.78 is 7.10. The number of anilines is 1. The highest BCUT2D eigenvalue weighted by Crippen LogP contribution is 2.31. The molecule has 4 rings (SSSR count). The first-order valence-electron chi connectivity index (χ1n) is 8.10. The van der Waals surface area contributed by atoms with Gasteiger partial charge in [-0.15, -0.1) is 11.3 Å². The molecule has 10 heteroatoms. The molecule has 0 spiro atoms. The molecule has 0 bridgehead atoms. The molecule has 4 aromatic rings. The minimum absolute atomic E-state index is 0.243. The summed E-state index contributed by atoms with van der Waals surface area (Å²) >= 11 is 13.5. The SMILES string of the molecule is Cc1nc2c(=O)n(CC(=O)Nc3c(Cl)cccc3Cl)nc(-c3ccco3)c2s1. The number of fused-ring (bicyclic) bond motifs is 1. The Kier molecular flexibility index (Phi) is 4.92. The van der Waals surface area contributed by atoms with Crippen molar-refractivity contribution in [2.75, 3.05) is 5.32 Å². The van der Waals surface area contributed by atoms with Crippen LogP contribution in [0, 0.1) is 6.92 Å². The van der Waals surface area contributed by atoms with Crippen molar-refractivity contribution >= 4 is 56.3 Å². The van der Waals surface area contributed by atoms with E-state index in [2.05, 4.69) is 15.4 Å². The fourth-order valence-electron chi connectivity index (χ4n) is 2.68. The highest BCUT2D eigenvalue weighted by atomic mass is 35.5. The molecule has 0 aliphatic rings. The molecule has 0 radical (unpaired) electrons. The second kappa shape index (κ2) is 7.38. The van der Waals surface area contributed by atoms with Crippen molar-refractivity contribution in [3.05, 3.63) is 62.0 Å². The van der Waals surface area contributed by atoms with Crippen molar-refractivity contribution in [3.8, 4) is 11.5 Å². The molecule has 1 N–H and O–H groups in total. The van der Waals surface area contributed by atoms with E-state index in [1.165, 1.54) is 17.6 Å². The van der Waals surface area contributed by atoms with Gasteiger partial charge in [0.25, 0.3) is 5.56 Å². The van der Waals surface area contributed by atoms with Gasteiger partial charge in [-0.3, -0.25) is 9.59 Å². The van der Waals surface area contributed by atoms with Crippen LogP contribution in [0.3, 0.4) is 0 Å². The van der Waals surface area contributed by atoms with Crippen LogP contribution in [0.25, 0.3) is 21.7 Å². The number of halogens is 2. The van der Waals surface area contributed by atoms with Gasteiger partial charge in [0.15, 0.2) is 11.3 Å².